The normalized spacial score (nSPS) is 17.5. The zero-order chi connectivity index (χ0) is 15.4. The molecule has 0 aliphatic carbocycles. The molecule has 116 valence electrons. The standard InChI is InChI=1S/C15H17ClN4O2/c16-11-1-3-14(4-2-11)20-7-5-13(10-20)18-15(21)17-9-12-6-8-22-19-12/h1-4,6,8,13H,5,7,9-10H2,(H2,17,18,21). The summed E-state index contributed by atoms with van der Waals surface area (Å²) in [5.74, 6) is 0. The van der Waals surface area contributed by atoms with E-state index in [9.17, 15) is 4.79 Å². The quantitative estimate of drug-likeness (QED) is 0.907. The minimum Gasteiger partial charge on any atom is -0.369 e. The fourth-order valence-electron chi connectivity index (χ4n) is 2.50. The van der Waals surface area contributed by atoms with Crippen molar-refractivity contribution in [3.05, 3.63) is 47.3 Å². The first-order valence-electron chi connectivity index (χ1n) is 7.15. The van der Waals surface area contributed by atoms with Crippen LogP contribution in [0.2, 0.25) is 5.02 Å². The van der Waals surface area contributed by atoms with Gasteiger partial charge >= 0.3 is 6.03 Å². The molecule has 22 heavy (non-hydrogen) atoms. The van der Waals surface area contributed by atoms with Gasteiger partial charge in [-0.3, -0.25) is 0 Å². The molecular formula is C15H17ClN4O2. The Hall–Kier alpha value is -2.21. The van der Waals surface area contributed by atoms with Gasteiger partial charge in [-0.1, -0.05) is 16.8 Å². The molecule has 1 atom stereocenters. The number of hydrogen-bond acceptors (Lipinski definition) is 4. The number of amides is 2. The van der Waals surface area contributed by atoms with Crippen LogP contribution in [0.25, 0.3) is 0 Å². The first-order chi connectivity index (χ1) is 10.7. The van der Waals surface area contributed by atoms with Crippen LogP contribution in [0.1, 0.15) is 12.1 Å². The van der Waals surface area contributed by atoms with Crippen LogP contribution in [0.3, 0.4) is 0 Å². The molecule has 7 heteroatoms. The fraction of sp³-hybridized carbons (Fsp3) is 0.333. The maximum atomic E-state index is 11.9. The fourth-order valence-corrected chi connectivity index (χ4v) is 2.63. The van der Waals surface area contributed by atoms with Crippen molar-refractivity contribution < 1.29 is 9.32 Å². The maximum Gasteiger partial charge on any atom is 0.315 e. The highest BCUT2D eigenvalue weighted by Crippen LogP contribution is 2.22. The summed E-state index contributed by atoms with van der Waals surface area (Å²) < 4.78 is 4.71. The SMILES string of the molecule is O=C(NCc1ccon1)NC1CCN(c2ccc(Cl)cc2)C1. The molecular weight excluding hydrogens is 304 g/mol. The van der Waals surface area contributed by atoms with E-state index in [1.165, 1.54) is 6.26 Å². The molecule has 0 saturated carbocycles. The van der Waals surface area contributed by atoms with E-state index in [1.54, 1.807) is 6.07 Å². The van der Waals surface area contributed by atoms with Gasteiger partial charge in [-0.2, -0.15) is 0 Å². The molecule has 6 nitrogen and oxygen atoms in total. The lowest BCUT2D eigenvalue weighted by molar-refractivity contribution is 0.237. The second kappa shape index (κ2) is 6.70. The van der Waals surface area contributed by atoms with Crippen LogP contribution in [0.15, 0.2) is 41.1 Å². The van der Waals surface area contributed by atoms with E-state index in [-0.39, 0.29) is 12.1 Å². The van der Waals surface area contributed by atoms with E-state index in [0.717, 1.165) is 30.2 Å². The van der Waals surface area contributed by atoms with Gasteiger partial charge in [-0.05, 0) is 30.7 Å². The first kappa shape index (κ1) is 14.7. The summed E-state index contributed by atoms with van der Waals surface area (Å²) in [5, 5.41) is 10.2. The lowest BCUT2D eigenvalue weighted by atomic mass is 10.3. The Labute approximate surface area is 133 Å². The number of halogens is 1. The number of rotatable bonds is 4. The average Bonchev–Trinajstić information content (AvgIpc) is 3.17. The van der Waals surface area contributed by atoms with Crippen molar-refractivity contribution >= 4 is 23.3 Å². The molecule has 1 saturated heterocycles. The smallest absolute Gasteiger partial charge is 0.315 e. The van der Waals surface area contributed by atoms with E-state index in [4.69, 9.17) is 16.1 Å². The van der Waals surface area contributed by atoms with Crippen LogP contribution < -0.4 is 15.5 Å². The highest BCUT2D eigenvalue weighted by Gasteiger charge is 2.24. The van der Waals surface area contributed by atoms with Crippen molar-refractivity contribution in [2.45, 2.75) is 19.0 Å². The van der Waals surface area contributed by atoms with Crippen LogP contribution in [0.5, 0.6) is 0 Å². The van der Waals surface area contributed by atoms with Gasteiger partial charge in [0, 0.05) is 35.9 Å². The number of carbonyl (C=O) groups excluding carboxylic acids is 1. The highest BCUT2D eigenvalue weighted by molar-refractivity contribution is 6.30. The van der Waals surface area contributed by atoms with Gasteiger partial charge in [0.15, 0.2) is 0 Å². The van der Waals surface area contributed by atoms with Crippen molar-refractivity contribution in [3.8, 4) is 0 Å². The molecule has 0 radical (unpaired) electrons. The zero-order valence-electron chi connectivity index (χ0n) is 12.0. The van der Waals surface area contributed by atoms with Crippen molar-refractivity contribution in [3.63, 3.8) is 0 Å². The number of aromatic nitrogens is 1. The Bertz CT molecular complexity index is 615. The summed E-state index contributed by atoms with van der Waals surface area (Å²) in [4.78, 5) is 14.1. The third-order valence-corrected chi connectivity index (χ3v) is 3.89. The van der Waals surface area contributed by atoms with Crippen LogP contribution >= 0.6 is 11.6 Å². The van der Waals surface area contributed by atoms with E-state index >= 15 is 0 Å². The molecule has 0 bridgehead atoms. The molecule has 2 aromatic rings. The van der Waals surface area contributed by atoms with Crippen molar-refractivity contribution in [1.29, 1.82) is 0 Å². The monoisotopic (exact) mass is 320 g/mol. The third-order valence-electron chi connectivity index (χ3n) is 3.64. The van der Waals surface area contributed by atoms with Gasteiger partial charge in [0.25, 0.3) is 0 Å². The molecule has 1 aliphatic rings. The minimum atomic E-state index is -0.189. The number of hydrogen-bond donors (Lipinski definition) is 2. The molecule has 2 amide bonds. The minimum absolute atomic E-state index is 0.132. The number of carbonyl (C=O) groups is 1. The topological polar surface area (TPSA) is 70.4 Å². The third kappa shape index (κ3) is 3.71. The summed E-state index contributed by atoms with van der Waals surface area (Å²) in [5.41, 5.74) is 1.82. The summed E-state index contributed by atoms with van der Waals surface area (Å²) in [7, 11) is 0. The van der Waals surface area contributed by atoms with Crippen LogP contribution in [-0.4, -0.2) is 30.3 Å². The van der Waals surface area contributed by atoms with E-state index in [1.807, 2.05) is 24.3 Å². The Kier molecular flexibility index (Phi) is 4.48. The number of nitrogens with one attached hydrogen (secondary N) is 2. The Morgan fingerprint density at radius 2 is 2.18 bits per heavy atom. The maximum absolute atomic E-state index is 11.9. The Morgan fingerprint density at radius 1 is 1.36 bits per heavy atom. The molecule has 3 rings (SSSR count). The first-order valence-corrected chi connectivity index (χ1v) is 7.52. The predicted octanol–water partition coefficient (Wildman–Crippen LogP) is 2.41. The molecule has 1 fully saturated rings. The largest absolute Gasteiger partial charge is 0.369 e. The molecule has 1 unspecified atom stereocenters. The molecule has 1 aromatic carbocycles. The van der Waals surface area contributed by atoms with Crippen molar-refractivity contribution in [2.24, 2.45) is 0 Å². The predicted molar refractivity (Wildman–Crippen MR) is 83.9 cm³/mol. The summed E-state index contributed by atoms with van der Waals surface area (Å²) in [6.45, 7) is 2.06. The lowest BCUT2D eigenvalue weighted by Crippen LogP contribution is -2.43. The summed E-state index contributed by atoms with van der Waals surface area (Å²) in [6, 6.07) is 9.41. The molecule has 0 spiro atoms. The van der Waals surface area contributed by atoms with Gasteiger partial charge in [-0.15, -0.1) is 0 Å². The van der Waals surface area contributed by atoms with Gasteiger partial charge in [0.05, 0.1) is 6.54 Å². The van der Waals surface area contributed by atoms with E-state index in [0.29, 0.717) is 12.2 Å². The van der Waals surface area contributed by atoms with Crippen LogP contribution in [0.4, 0.5) is 10.5 Å². The highest BCUT2D eigenvalue weighted by atomic mass is 35.5. The molecule has 2 N–H and O–H groups in total. The van der Waals surface area contributed by atoms with E-state index in [2.05, 4.69) is 20.7 Å². The van der Waals surface area contributed by atoms with Gasteiger partial charge in [0.2, 0.25) is 0 Å². The molecule has 2 heterocycles. The van der Waals surface area contributed by atoms with Crippen molar-refractivity contribution in [1.82, 2.24) is 15.8 Å². The van der Waals surface area contributed by atoms with Crippen LogP contribution in [-0.2, 0) is 6.54 Å². The zero-order valence-corrected chi connectivity index (χ0v) is 12.7. The number of anilines is 1. The molecule has 1 aromatic heterocycles. The average molecular weight is 321 g/mol. The number of benzene rings is 1. The van der Waals surface area contributed by atoms with Gasteiger partial charge in [-0.25, -0.2) is 4.79 Å². The second-order valence-electron chi connectivity index (χ2n) is 5.23. The van der Waals surface area contributed by atoms with Crippen LogP contribution in [0, 0.1) is 0 Å². The van der Waals surface area contributed by atoms with Gasteiger partial charge < -0.3 is 20.1 Å². The Balaban J connectivity index is 1.46. The molecule has 1 aliphatic heterocycles. The van der Waals surface area contributed by atoms with Crippen molar-refractivity contribution in [2.75, 3.05) is 18.0 Å². The Morgan fingerprint density at radius 3 is 2.91 bits per heavy atom. The lowest BCUT2D eigenvalue weighted by Gasteiger charge is -2.19. The van der Waals surface area contributed by atoms with Gasteiger partial charge in [0.1, 0.15) is 12.0 Å². The summed E-state index contributed by atoms with van der Waals surface area (Å²) >= 11 is 5.90. The number of urea groups is 1. The summed E-state index contributed by atoms with van der Waals surface area (Å²) in [6.07, 6.45) is 2.40. The van der Waals surface area contributed by atoms with E-state index < -0.39 is 0 Å². The number of nitrogens with zero attached hydrogens (tertiary/aromatic N) is 2. The second-order valence-corrected chi connectivity index (χ2v) is 5.66.